The monoisotopic (exact) mass is 385 g/mol. The fourth-order valence-electron chi connectivity index (χ4n) is 2.81. The maximum absolute atomic E-state index is 12.7. The van der Waals surface area contributed by atoms with Crippen LogP contribution in [0.1, 0.15) is 6.92 Å². The Hall–Kier alpha value is -2.17. The molecule has 1 aromatic rings. The van der Waals surface area contributed by atoms with Crippen LogP contribution < -0.4 is 20.3 Å². The summed E-state index contributed by atoms with van der Waals surface area (Å²) in [7, 11) is -0.625. The van der Waals surface area contributed by atoms with Crippen LogP contribution in [-0.4, -0.2) is 71.0 Å². The van der Waals surface area contributed by atoms with Crippen molar-refractivity contribution in [2.75, 3.05) is 40.3 Å². The maximum atomic E-state index is 12.7. The Bertz CT molecular complexity index is 742. The van der Waals surface area contributed by atoms with Gasteiger partial charge in [0.25, 0.3) is 5.91 Å². The van der Waals surface area contributed by atoms with Crippen molar-refractivity contribution in [1.82, 2.24) is 14.9 Å². The van der Waals surface area contributed by atoms with Crippen LogP contribution in [0.4, 0.5) is 4.79 Å². The highest BCUT2D eigenvalue weighted by Gasteiger charge is 2.34. The van der Waals surface area contributed by atoms with Gasteiger partial charge in [0.15, 0.2) is 6.04 Å². The van der Waals surface area contributed by atoms with E-state index in [0.29, 0.717) is 31.9 Å². The summed E-state index contributed by atoms with van der Waals surface area (Å²) in [6, 6.07) is 5.26. The predicted molar refractivity (Wildman–Crippen MR) is 94.5 cm³/mol. The SMILES string of the molecule is CNC(=O)NC(=O)[C@@H](C)[NH+]1CCN(S(=O)(=O)c2ccc(OC)cc2)CC1. The Morgan fingerprint density at radius 2 is 1.77 bits per heavy atom. The molecule has 26 heavy (non-hydrogen) atoms. The number of benzene rings is 1. The first-order valence-electron chi connectivity index (χ1n) is 8.31. The Labute approximate surface area is 153 Å². The number of carbonyl (C=O) groups is 2. The van der Waals surface area contributed by atoms with Gasteiger partial charge in [0.05, 0.1) is 38.2 Å². The summed E-state index contributed by atoms with van der Waals surface area (Å²) in [5, 5.41) is 4.58. The third-order valence-corrected chi connectivity index (χ3v) is 6.44. The summed E-state index contributed by atoms with van der Waals surface area (Å²) in [4.78, 5) is 24.4. The van der Waals surface area contributed by atoms with Crippen molar-refractivity contribution in [3.63, 3.8) is 0 Å². The van der Waals surface area contributed by atoms with Crippen molar-refractivity contribution in [3.05, 3.63) is 24.3 Å². The van der Waals surface area contributed by atoms with E-state index in [9.17, 15) is 18.0 Å². The van der Waals surface area contributed by atoms with E-state index < -0.39 is 22.1 Å². The van der Waals surface area contributed by atoms with Crippen molar-refractivity contribution in [3.8, 4) is 5.75 Å². The minimum Gasteiger partial charge on any atom is -0.497 e. The van der Waals surface area contributed by atoms with Crippen molar-refractivity contribution in [1.29, 1.82) is 0 Å². The highest BCUT2D eigenvalue weighted by Crippen LogP contribution is 2.19. The van der Waals surface area contributed by atoms with Gasteiger partial charge in [0.1, 0.15) is 5.75 Å². The number of quaternary nitrogens is 1. The number of ether oxygens (including phenoxy) is 1. The second-order valence-electron chi connectivity index (χ2n) is 6.03. The number of hydrogen-bond acceptors (Lipinski definition) is 5. The fourth-order valence-corrected chi connectivity index (χ4v) is 4.25. The predicted octanol–water partition coefficient (Wildman–Crippen LogP) is -1.57. The summed E-state index contributed by atoms with van der Waals surface area (Å²) >= 11 is 0. The fraction of sp³-hybridized carbons (Fsp3) is 0.500. The molecule has 3 amide bonds. The lowest BCUT2D eigenvalue weighted by Gasteiger charge is -2.34. The van der Waals surface area contributed by atoms with Gasteiger partial charge in [-0.15, -0.1) is 0 Å². The number of amides is 3. The summed E-state index contributed by atoms with van der Waals surface area (Å²) < 4.78 is 31.9. The third kappa shape index (κ3) is 4.51. The first-order chi connectivity index (χ1) is 12.3. The molecule has 1 saturated heterocycles. The van der Waals surface area contributed by atoms with Crippen molar-refractivity contribution in [2.24, 2.45) is 0 Å². The number of rotatable bonds is 5. The number of urea groups is 1. The van der Waals surface area contributed by atoms with E-state index in [1.54, 1.807) is 19.1 Å². The van der Waals surface area contributed by atoms with Gasteiger partial charge in [-0.1, -0.05) is 0 Å². The zero-order valence-electron chi connectivity index (χ0n) is 15.1. The molecule has 2 rings (SSSR count). The second kappa shape index (κ2) is 8.47. The Kier molecular flexibility index (Phi) is 6.57. The first kappa shape index (κ1) is 20.1. The normalized spacial score (nSPS) is 17.3. The van der Waals surface area contributed by atoms with Gasteiger partial charge in [0, 0.05) is 7.05 Å². The Morgan fingerprint density at radius 3 is 2.27 bits per heavy atom. The van der Waals surface area contributed by atoms with Crippen LogP contribution in [0.25, 0.3) is 0 Å². The van der Waals surface area contributed by atoms with Gasteiger partial charge < -0.3 is 15.0 Å². The minimum absolute atomic E-state index is 0.215. The molecular formula is C16H25N4O5S+. The molecule has 0 bridgehead atoms. The number of methoxy groups -OCH3 is 1. The van der Waals surface area contributed by atoms with Crippen molar-refractivity contribution < 1.29 is 27.6 Å². The van der Waals surface area contributed by atoms with Crippen molar-refractivity contribution >= 4 is 22.0 Å². The number of piperazine rings is 1. The van der Waals surface area contributed by atoms with E-state index in [1.165, 1.54) is 30.6 Å². The van der Waals surface area contributed by atoms with E-state index in [0.717, 1.165) is 4.90 Å². The number of nitrogens with one attached hydrogen (secondary N) is 3. The van der Waals surface area contributed by atoms with Gasteiger partial charge >= 0.3 is 6.03 Å². The summed E-state index contributed by atoms with van der Waals surface area (Å²) in [6.45, 7) is 3.30. The van der Waals surface area contributed by atoms with Gasteiger partial charge in [-0.2, -0.15) is 4.31 Å². The lowest BCUT2D eigenvalue weighted by Crippen LogP contribution is -3.19. The molecule has 9 nitrogen and oxygen atoms in total. The maximum Gasteiger partial charge on any atom is 0.321 e. The Morgan fingerprint density at radius 1 is 1.19 bits per heavy atom. The molecular weight excluding hydrogens is 360 g/mol. The zero-order chi connectivity index (χ0) is 19.3. The van der Waals surface area contributed by atoms with Crippen LogP contribution in [-0.2, 0) is 14.8 Å². The van der Waals surface area contributed by atoms with E-state index in [4.69, 9.17) is 4.74 Å². The van der Waals surface area contributed by atoms with Gasteiger partial charge in [0.2, 0.25) is 10.0 Å². The number of nitrogens with zero attached hydrogens (tertiary/aromatic N) is 1. The molecule has 0 aromatic heterocycles. The standard InChI is InChI=1S/C16H24N4O5S/c1-12(15(21)18-16(22)17-2)19-8-10-20(11-9-19)26(23,24)14-6-4-13(25-3)5-7-14/h4-7,12H,8-11H2,1-3H3,(H2,17,18,21,22)/p+1/t12-/m1/s1. The lowest BCUT2D eigenvalue weighted by molar-refractivity contribution is -0.917. The lowest BCUT2D eigenvalue weighted by atomic mass is 10.2. The molecule has 0 radical (unpaired) electrons. The van der Waals surface area contributed by atoms with E-state index >= 15 is 0 Å². The smallest absolute Gasteiger partial charge is 0.321 e. The van der Waals surface area contributed by atoms with E-state index in [1.807, 2.05) is 0 Å². The molecule has 1 aromatic carbocycles. The van der Waals surface area contributed by atoms with Gasteiger partial charge in [-0.3, -0.25) is 10.1 Å². The van der Waals surface area contributed by atoms with Gasteiger partial charge in [-0.25, -0.2) is 13.2 Å². The van der Waals surface area contributed by atoms with E-state index in [2.05, 4.69) is 10.6 Å². The van der Waals surface area contributed by atoms with Crippen LogP contribution in [0.3, 0.4) is 0 Å². The highest BCUT2D eigenvalue weighted by molar-refractivity contribution is 7.89. The van der Waals surface area contributed by atoms with E-state index in [-0.39, 0.29) is 10.8 Å². The molecule has 1 aliphatic heterocycles. The highest BCUT2D eigenvalue weighted by atomic mass is 32.2. The second-order valence-corrected chi connectivity index (χ2v) is 7.97. The summed E-state index contributed by atoms with van der Waals surface area (Å²) in [5.74, 6) is 0.208. The molecule has 1 aliphatic rings. The molecule has 10 heteroatoms. The number of imide groups is 1. The largest absolute Gasteiger partial charge is 0.497 e. The average molecular weight is 385 g/mol. The molecule has 1 fully saturated rings. The van der Waals surface area contributed by atoms with Gasteiger partial charge in [-0.05, 0) is 31.2 Å². The summed E-state index contributed by atoms with van der Waals surface area (Å²) in [5.41, 5.74) is 0. The van der Waals surface area contributed by atoms with Crippen molar-refractivity contribution in [2.45, 2.75) is 17.9 Å². The summed E-state index contributed by atoms with van der Waals surface area (Å²) in [6.07, 6.45) is 0. The first-order valence-corrected chi connectivity index (χ1v) is 9.75. The number of sulfonamides is 1. The molecule has 0 aliphatic carbocycles. The molecule has 0 unspecified atom stereocenters. The number of hydrogen-bond donors (Lipinski definition) is 3. The molecule has 3 N–H and O–H groups in total. The van der Waals surface area contributed by atoms with Crippen LogP contribution in [0.5, 0.6) is 5.75 Å². The molecule has 0 spiro atoms. The topological polar surface area (TPSA) is 109 Å². The Balaban J connectivity index is 1.98. The van der Waals surface area contributed by atoms with Crippen LogP contribution >= 0.6 is 0 Å². The zero-order valence-corrected chi connectivity index (χ0v) is 15.9. The number of carbonyl (C=O) groups excluding carboxylic acids is 2. The molecule has 1 atom stereocenters. The van der Waals surface area contributed by atoms with Crippen LogP contribution in [0.15, 0.2) is 29.2 Å². The van der Waals surface area contributed by atoms with Crippen LogP contribution in [0.2, 0.25) is 0 Å². The molecule has 0 saturated carbocycles. The van der Waals surface area contributed by atoms with Crippen LogP contribution in [0, 0.1) is 0 Å². The average Bonchev–Trinajstić information content (AvgIpc) is 2.67. The molecule has 144 valence electrons. The minimum atomic E-state index is -3.58. The molecule has 1 heterocycles. The third-order valence-electron chi connectivity index (χ3n) is 4.53. The quantitative estimate of drug-likeness (QED) is 0.567.